The van der Waals surface area contributed by atoms with Gasteiger partial charge in [0.15, 0.2) is 11.6 Å². The number of nitrogens with one attached hydrogen (secondary N) is 2. The minimum atomic E-state index is -3.51. The number of anilines is 3. The van der Waals surface area contributed by atoms with Gasteiger partial charge in [-0.05, 0) is 65.1 Å². The van der Waals surface area contributed by atoms with Crippen molar-refractivity contribution in [1.82, 2.24) is 49.0 Å². The first-order chi connectivity index (χ1) is 27.8. The average molecular weight is 811 g/mol. The van der Waals surface area contributed by atoms with Gasteiger partial charge in [-0.25, -0.2) is 27.8 Å². The number of aromatic nitrogens is 7. The van der Waals surface area contributed by atoms with Crippen LogP contribution in [0.3, 0.4) is 0 Å². The molecule has 1 aromatic carbocycles. The maximum atomic E-state index is 16.0. The van der Waals surface area contributed by atoms with Crippen molar-refractivity contribution in [2.45, 2.75) is 88.8 Å². The Morgan fingerprint density at radius 2 is 1.81 bits per heavy atom. The molecule has 4 aliphatic rings. The predicted molar refractivity (Wildman–Crippen MR) is 211 cm³/mol. The summed E-state index contributed by atoms with van der Waals surface area (Å²) in [6.45, 7) is 5.99. The topological polar surface area (TPSA) is 193 Å². The zero-order valence-corrected chi connectivity index (χ0v) is 33.1. The number of rotatable bonds is 11. The number of carbonyl (C=O) groups is 3. The molecule has 0 radical (unpaired) electrons. The molecule has 3 fully saturated rings. The normalized spacial score (nSPS) is 19.1. The number of fused-ring (bicyclic) bond motifs is 2. The zero-order valence-electron chi connectivity index (χ0n) is 32.3. The van der Waals surface area contributed by atoms with E-state index in [0.29, 0.717) is 53.5 Å². The van der Waals surface area contributed by atoms with Gasteiger partial charge in [0.05, 0.1) is 40.7 Å². The van der Waals surface area contributed by atoms with Crippen LogP contribution in [0.15, 0.2) is 49.1 Å². The second kappa shape index (κ2) is 14.5. The molecule has 2 saturated heterocycles. The monoisotopic (exact) mass is 810 g/mol. The lowest BCUT2D eigenvalue weighted by atomic mass is 10.0. The van der Waals surface area contributed by atoms with Gasteiger partial charge in [0.25, 0.3) is 15.9 Å². The number of hydrogen-bond donors (Lipinski definition) is 2. The molecule has 3 aliphatic heterocycles. The molecule has 9 rings (SSSR count). The van der Waals surface area contributed by atoms with Crippen LogP contribution in [0.2, 0.25) is 0 Å². The Balaban J connectivity index is 0.859. The summed E-state index contributed by atoms with van der Waals surface area (Å²) in [6.07, 6.45) is 9.61. The Bertz CT molecular complexity index is 2580. The fourth-order valence-corrected chi connectivity index (χ4v) is 9.66. The molecular formula is C39H43FN12O5S. The predicted octanol–water partition coefficient (Wildman–Crippen LogP) is 3.75. The highest BCUT2D eigenvalue weighted by molar-refractivity contribution is 7.90. The SMILES string of the molecule is CC(C)n1nc(N2CCC(N(C)Cc3ccc4c(c3F)CN(C3CCC(=O)NC3=O)C4=O)CC2)c2cnc(Nc3ccnc(-c4cnn(S(=O)(=O)C5CC5)c4)n3)cc21. The number of pyridine rings is 1. The lowest BCUT2D eigenvalue weighted by Gasteiger charge is -2.37. The van der Waals surface area contributed by atoms with E-state index < -0.39 is 33.7 Å². The van der Waals surface area contributed by atoms with Crippen molar-refractivity contribution in [2.75, 3.05) is 30.4 Å². The molecule has 7 heterocycles. The van der Waals surface area contributed by atoms with Crippen molar-refractivity contribution in [2.24, 2.45) is 0 Å². The summed E-state index contributed by atoms with van der Waals surface area (Å²) >= 11 is 0. The largest absolute Gasteiger partial charge is 0.354 e. The molecule has 1 atom stereocenters. The number of hydrogen-bond acceptors (Lipinski definition) is 13. The van der Waals surface area contributed by atoms with E-state index in [1.54, 1.807) is 24.4 Å². The van der Waals surface area contributed by atoms with Gasteiger partial charge < -0.3 is 15.1 Å². The molecule has 0 spiro atoms. The molecule has 17 nitrogen and oxygen atoms in total. The van der Waals surface area contributed by atoms with Gasteiger partial charge in [-0.3, -0.25) is 29.3 Å². The maximum absolute atomic E-state index is 16.0. The van der Waals surface area contributed by atoms with E-state index in [0.717, 1.165) is 46.7 Å². The summed E-state index contributed by atoms with van der Waals surface area (Å²) in [4.78, 5) is 56.7. The summed E-state index contributed by atoms with van der Waals surface area (Å²) in [5, 5.41) is 15.2. The molecule has 1 unspecified atom stereocenters. The first-order valence-corrected chi connectivity index (χ1v) is 21.0. The van der Waals surface area contributed by atoms with Gasteiger partial charge in [-0.15, -0.1) is 0 Å². The highest BCUT2D eigenvalue weighted by atomic mass is 32.2. The average Bonchev–Trinajstić information content (AvgIpc) is 3.69. The second-order valence-corrected chi connectivity index (χ2v) is 17.9. The standard InChI is InChI=1S/C39H43FN12O5S/c1-22(2)52-31-16-33(44-32-10-13-41-36(45-32)24-17-43-51(20-24)58(56,57)26-5-6-26)42-18-28(31)37(47-52)49-14-11-25(12-15-49)48(3)19-23-4-7-27-29(35(23)40)21-50(39(27)55)30-8-9-34(53)46-38(30)54/h4,7,10,13,16-18,20,22,25-26,30H,5-6,8-9,11-12,14-15,19,21H2,1-3H3,(H,46,53,54)(H,41,42,44,45). The lowest BCUT2D eigenvalue weighted by Crippen LogP contribution is -2.52. The molecule has 3 amide bonds. The minimum Gasteiger partial charge on any atom is -0.354 e. The molecule has 302 valence electrons. The van der Waals surface area contributed by atoms with Crippen LogP contribution in [0.25, 0.3) is 22.3 Å². The number of amides is 3. The van der Waals surface area contributed by atoms with Crippen molar-refractivity contribution in [3.63, 3.8) is 0 Å². The van der Waals surface area contributed by atoms with Crippen LogP contribution in [-0.4, -0.2) is 107 Å². The Morgan fingerprint density at radius 1 is 1.02 bits per heavy atom. The van der Waals surface area contributed by atoms with E-state index >= 15 is 4.39 Å². The number of imide groups is 1. The van der Waals surface area contributed by atoms with Crippen molar-refractivity contribution >= 4 is 56.1 Å². The van der Waals surface area contributed by atoms with E-state index in [2.05, 4.69) is 49.3 Å². The van der Waals surface area contributed by atoms with E-state index in [4.69, 9.17) is 10.1 Å². The van der Waals surface area contributed by atoms with Gasteiger partial charge in [-0.1, -0.05) is 6.07 Å². The van der Waals surface area contributed by atoms with Crippen molar-refractivity contribution < 1.29 is 27.2 Å². The number of benzene rings is 1. The maximum Gasteiger partial charge on any atom is 0.256 e. The molecule has 2 N–H and O–H groups in total. The summed E-state index contributed by atoms with van der Waals surface area (Å²) < 4.78 is 44.2. The number of nitrogens with zero attached hydrogens (tertiary/aromatic N) is 10. The second-order valence-electron chi connectivity index (χ2n) is 15.8. The number of piperidine rings is 2. The summed E-state index contributed by atoms with van der Waals surface area (Å²) in [7, 11) is -1.52. The minimum absolute atomic E-state index is 0.00352. The van der Waals surface area contributed by atoms with Gasteiger partial charge in [-0.2, -0.15) is 14.3 Å². The third kappa shape index (κ3) is 6.84. The summed E-state index contributed by atoms with van der Waals surface area (Å²) in [5.74, 6) is 0.523. The van der Waals surface area contributed by atoms with Gasteiger partial charge >= 0.3 is 0 Å². The number of halogens is 1. The Kier molecular flexibility index (Phi) is 9.45. The molecular weight excluding hydrogens is 768 g/mol. The van der Waals surface area contributed by atoms with Crippen molar-refractivity contribution in [3.05, 3.63) is 71.6 Å². The van der Waals surface area contributed by atoms with E-state index in [1.807, 2.05) is 24.0 Å². The van der Waals surface area contributed by atoms with Crippen LogP contribution in [-0.2, 0) is 32.7 Å². The Labute approximate surface area is 333 Å². The van der Waals surface area contributed by atoms with E-state index in [-0.39, 0.29) is 48.2 Å². The fraction of sp³-hybridized carbons (Fsp3) is 0.436. The van der Waals surface area contributed by atoms with Crippen LogP contribution < -0.4 is 15.5 Å². The third-order valence-electron chi connectivity index (χ3n) is 11.5. The molecule has 0 bridgehead atoms. The molecule has 5 aromatic rings. The molecule has 1 aliphatic carbocycles. The molecule has 4 aromatic heterocycles. The quantitative estimate of drug-likeness (QED) is 0.184. The smallest absolute Gasteiger partial charge is 0.256 e. The first-order valence-electron chi connectivity index (χ1n) is 19.5. The molecule has 19 heteroatoms. The molecule has 1 saturated carbocycles. The van der Waals surface area contributed by atoms with Crippen molar-refractivity contribution in [3.8, 4) is 11.4 Å². The lowest BCUT2D eigenvalue weighted by molar-refractivity contribution is -0.136. The summed E-state index contributed by atoms with van der Waals surface area (Å²) in [5.41, 5.74) is 2.45. The van der Waals surface area contributed by atoms with Crippen LogP contribution >= 0.6 is 0 Å². The van der Waals surface area contributed by atoms with Gasteiger partial charge in [0, 0.05) is 73.3 Å². The van der Waals surface area contributed by atoms with Crippen LogP contribution in [0.4, 0.5) is 21.8 Å². The zero-order chi connectivity index (χ0) is 40.5. The van der Waals surface area contributed by atoms with Gasteiger partial charge in [0.2, 0.25) is 11.8 Å². The molecule has 58 heavy (non-hydrogen) atoms. The van der Waals surface area contributed by atoms with E-state index in [9.17, 15) is 22.8 Å². The Morgan fingerprint density at radius 3 is 2.55 bits per heavy atom. The van der Waals surface area contributed by atoms with Gasteiger partial charge in [0.1, 0.15) is 23.5 Å². The first kappa shape index (κ1) is 37.7. The highest BCUT2D eigenvalue weighted by Gasteiger charge is 2.41. The van der Waals surface area contributed by atoms with Crippen molar-refractivity contribution in [1.29, 1.82) is 0 Å². The van der Waals surface area contributed by atoms with Crippen LogP contribution in [0, 0.1) is 5.82 Å². The highest BCUT2D eigenvalue weighted by Crippen LogP contribution is 2.35. The summed E-state index contributed by atoms with van der Waals surface area (Å²) in [6, 6.07) is 6.43. The Hall–Kier alpha value is -5.82. The van der Waals surface area contributed by atoms with Crippen LogP contribution in [0.1, 0.15) is 79.9 Å². The fourth-order valence-electron chi connectivity index (χ4n) is 8.18. The third-order valence-corrected chi connectivity index (χ3v) is 13.6. The van der Waals surface area contributed by atoms with E-state index in [1.165, 1.54) is 17.3 Å². The van der Waals surface area contributed by atoms with Crippen LogP contribution in [0.5, 0.6) is 0 Å². The number of carbonyl (C=O) groups excluding carboxylic acids is 3.